The van der Waals surface area contributed by atoms with E-state index in [-0.39, 0.29) is 21.7 Å². The normalized spacial score (nSPS) is 11.1. The molecule has 0 N–H and O–H groups in total. The van der Waals surface area contributed by atoms with Crippen LogP contribution < -0.4 is 4.74 Å². The third-order valence-corrected chi connectivity index (χ3v) is 2.95. The Balaban J connectivity index is 2.51. The molecule has 4 nitrogen and oxygen atoms in total. The molecular weight excluding hydrogens is 323 g/mol. The molecule has 2 aromatic rings. The third-order valence-electron chi connectivity index (χ3n) is 2.67. The van der Waals surface area contributed by atoms with Gasteiger partial charge in [-0.1, -0.05) is 23.7 Å². The van der Waals surface area contributed by atoms with Gasteiger partial charge in [-0.2, -0.15) is 0 Å². The predicted octanol–water partition coefficient (Wildman–Crippen LogP) is 4.09. The van der Waals surface area contributed by atoms with Gasteiger partial charge >= 0.3 is 12.3 Å². The molecule has 0 amide bonds. The van der Waals surface area contributed by atoms with Crippen LogP contribution in [-0.2, 0) is 4.74 Å². The van der Waals surface area contributed by atoms with Crippen molar-refractivity contribution >= 4 is 17.6 Å². The van der Waals surface area contributed by atoms with E-state index in [4.69, 9.17) is 11.6 Å². The van der Waals surface area contributed by atoms with Gasteiger partial charge in [0.25, 0.3) is 0 Å². The zero-order valence-corrected chi connectivity index (χ0v) is 11.9. The van der Waals surface area contributed by atoms with Crippen molar-refractivity contribution < 1.29 is 27.4 Å². The summed E-state index contributed by atoms with van der Waals surface area (Å²) in [6.07, 6.45) is -2.26. The Hall–Kier alpha value is -2.28. The molecule has 1 aromatic carbocycles. The molecule has 1 heterocycles. The molecule has 0 saturated heterocycles. The minimum Gasteiger partial charge on any atom is -0.465 e. The average Bonchev–Trinajstić information content (AvgIpc) is 2.44. The van der Waals surface area contributed by atoms with Crippen molar-refractivity contribution in [2.45, 2.75) is 6.36 Å². The van der Waals surface area contributed by atoms with Crippen LogP contribution in [-0.4, -0.2) is 24.4 Å². The van der Waals surface area contributed by atoms with Crippen LogP contribution in [0.2, 0.25) is 5.02 Å². The Morgan fingerprint density at radius 2 is 2.00 bits per heavy atom. The zero-order valence-electron chi connectivity index (χ0n) is 11.1. The summed E-state index contributed by atoms with van der Waals surface area (Å²) in [6, 6.07) is 5.14. The van der Waals surface area contributed by atoms with Crippen molar-refractivity contribution in [2.75, 3.05) is 7.11 Å². The maximum atomic E-state index is 12.3. The fourth-order valence-electron chi connectivity index (χ4n) is 1.82. The van der Waals surface area contributed by atoms with E-state index >= 15 is 0 Å². The number of methoxy groups -OCH3 is 1. The van der Waals surface area contributed by atoms with Crippen molar-refractivity contribution in [1.82, 2.24) is 4.98 Å². The van der Waals surface area contributed by atoms with E-state index in [1.54, 1.807) is 0 Å². The fraction of sp³-hybridized carbons (Fsp3) is 0.143. The number of alkyl halides is 3. The highest BCUT2D eigenvalue weighted by atomic mass is 35.5. The Bertz CT molecular complexity index is 704. The third kappa shape index (κ3) is 3.67. The molecule has 0 fully saturated rings. The van der Waals surface area contributed by atoms with Crippen LogP contribution in [0.4, 0.5) is 13.2 Å². The van der Waals surface area contributed by atoms with Crippen molar-refractivity contribution in [3.05, 3.63) is 47.2 Å². The zero-order chi connectivity index (χ0) is 16.3. The largest absolute Gasteiger partial charge is 0.573 e. The van der Waals surface area contributed by atoms with Crippen molar-refractivity contribution in [3.8, 4) is 16.9 Å². The monoisotopic (exact) mass is 331 g/mol. The summed E-state index contributed by atoms with van der Waals surface area (Å²) in [5.41, 5.74) is 0.549. The van der Waals surface area contributed by atoms with Gasteiger partial charge in [0.1, 0.15) is 5.75 Å². The molecule has 1 aromatic heterocycles. The van der Waals surface area contributed by atoms with Crippen LogP contribution in [0.5, 0.6) is 5.75 Å². The summed E-state index contributed by atoms with van der Waals surface area (Å²) in [5, 5.41) is 0.0338. The number of rotatable bonds is 3. The van der Waals surface area contributed by atoms with Gasteiger partial charge in [0, 0.05) is 18.0 Å². The summed E-state index contributed by atoms with van der Waals surface area (Å²) in [4.78, 5) is 15.6. The van der Waals surface area contributed by atoms with Crippen LogP contribution in [0.15, 0.2) is 36.7 Å². The number of pyridine rings is 1. The SMILES string of the molecule is COC(=O)c1c(Cl)cncc1-c1cccc(OC(F)(F)F)c1. The number of benzene rings is 1. The summed E-state index contributed by atoms with van der Waals surface area (Å²) >= 11 is 5.92. The molecule has 8 heteroatoms. The number of halogens is 4. The van der Waals surface area contributed by atoms with Gasteiger partial charge in [0.15, 0.2) is 0 Å². The number of esters is 1. The van der Waals surface area contributed by atoms with Gasteiger partial charge in [-0.15, -0.1) is 13.2 Å². The van der Waals surface area contributed by atoms with Gasteiger partial charge in [-0.05, 0) is 17.7 Å². The second-order valence-corrected chi connectivity index (χ2v) is 4.52. The number of ether oxygens (including phenoxy) is 2. The highest BCUT2D eigenvalue weighted by molar-refractivity contribution is 6.34. The van der Waals surface area contributed by atoms with Crippen molar-refractivity contribution in [3.63, 3.8) is 0 Å². The van der Waals surface area contributed by atoms with Crippen LogP contribution in [0.1, 0.15) is 10.4 Å². The molecule has 0 saturated carbocycles. The number of carbonyl (C=O) groups is 1. The minimum absolute atomic E-state index is 0.0170. The first-order chi connectivity index (χ1) is 10.3. The quantitative estimate of drug-likeness (QED) is 0.795. The second-order valence-electron chi connectivity index (χ2n) is 4.11. The average molecular weight is 332 g/mol. The Morgan fingerprint density at radius 1 is 1.27 bits per heavy atom. The van der Waals surface area contributed by atoms with E-state index in [1.807, 2.05) is 0 Å². The van der Waals surface area contributed by atoms with Gasteiger partial charge in [-0.3, -0.25) is 4.98 Å². The fourth-order valence-corrected chi connectivity index (χ4v) is 2.06. The lowest BCUT2D eigenvalue weighted by atomic mass is 10.0. The Morgan fingerprint density at radius 3 is 2.64 bits per heavy atom. The van der Waals surface area contributed by atoms with Gasteiger partial charge in [-0.25, -0.2) is 4.79 Å². The first-order valence-corrected chi connectivity index (χ1v) is 6.27. The molecule has 0 aliphatic carbocycles. The first kappa shape index (κ1) is 16.1. The lowest BCUT2D eigenvalue weighted by molar-refractivity contribution is -0.274. The highest BCUT2D eigenvalue weighted by Gasteiger charge is 2.31. The molecule has 2 rings (SSSR count). The van der Waals surface area contributed by atoms with Crippen LogP contribution >= 0.6 is 11.6 Å². The van der Waals surface area contributed by atoms with E-state index in [0.717, 1.165) is 12.1 Å². The molecular formula is C14H9ClF3NO3. The molecule has 0 spiro atoms. The van der Waals surface area contributed by atoms with Crippen LogP contribution in [0.3, 0.4) is 0 Å². The molecule has 0 bridgehead atoms. The lowest BCUT2D eigenvalue weighted by Gasteiger charge is -2.12. The number of carbonyl (C=O) groups excluding carboxylic acids is 1. The molecule has 0 aliphatic rings. The molecule has 22 heavy (non-hydrogen) atoms. The summed E-state index contributed by atoms with van der Waals surface area (Å²) in [7, 11) is 1.17. The van der Waals surface area contributed by atoms with E-state index in [9.17, 15) is 18.0 Å². The van der Waals surface area contributed by atoms with Crippen LogP contribution in [0, 0.1) is 0 Å². The summed E-state index contributed by atoms with van der Waals surface area (Å²) in [5.74, 6) is -1.13. The second kappa shape index (κ2) is 6.23. The van der Waals surface area contributed by atoms with Gasteiger partial charge in [0.05, 0.1) is 17.7 Å². The topological polar surface area (TPSA) is 48.4 Å². The van der Waals surface area contributed by atoms with E-state index < -0.39 is 18.1 Å². The first-order valence-electron chi connectivity index (χ1n) is 5.90. The van der Waals surface area contributed by atoms with Crippen molar-refractivity contribution in [2.24, 2.45) is 0 Å². The standard InChI is InChI=1S/C14H9ClF3NO3/c1-21-13(20)12-10(6-19-7-11(12)15)8-3-2-4-9(5-8)22-14(16,17)18/h2-7H,1H3. The highest BCUT2D eigenvalue weighted by Crippen LogP contribution is 2.32. The van der Waals surface area contributed by atoms with Crippen molar-refractivity contribution in [1.29, 1.82) is 0 Å². The van der Waals surface area contributed by atoms with E-state index in [2.05, 4.69) is 14.5 Å². The predicted molar refractivity (Wildman–Crippen MR) is 72.7 cm³/mol. The number of hydrogen-bond donors (Lipinski definition) is 0. The molecule has 0 aliphatic heterocycles. The number of nitrogens with zero attached hydrogens (tertiary/aromatic N) is 1. The Labute approximate surface area is 128 Å². The number of hydrogen-bond acceptors (Lipinski definition) is 4. The van der Waals surface area contributed by atoms with Gasteiger partial charge in [0.2, 0.25) is 0 Å². The molecule has 116 valence electrons. The summed E-state index contributed by atoms with van der Waals surface area (Å²) < 4.78 is 45.3. The molecule has 0 radical (unpaired) electrons. The van der Waals surface area contributed by atoms with E-state index in [1.165, 1.54) is 31.6 Å². The molecule has 0 unspecified atom stereocenters. The Kier molecular flexibility index (Phi) is 4.56. The van der Waals surface area contributed by atoms with Gasteiger partial charge < -0.3 is 9.47 Å². The smallest absolute Gasteiger partial charge is 0.465 e. The van der Waals surface area contributed by atoms with E-state index in [0.29, 0.717) is 0 Å². The lowest BCUT2D eigenvalue weighted by Crippen LogP contribution is -2.17. The summed E-state index contributed by atoms with van der Waals surface area (Å²) in [6.45, 7) is 0. The minimum atomic E-state index is -4.81. The maximum absolute atomic E-state index is 12.3. The maximum Gasteiger partial charge on any atom is 0.573 e. The number of aromatic nitrogens is 1. The van der Waals surface area contributed by atoms with Crippen LogP contribution in [0.25, 0.3) is 11.1 Å². The molecule has 0 atom stereocenters.